The van der Waals surface area contributed by atoms with Gasteiger partial charge in [0.25, 0.3) is 0 Å². The number of rotatable bonds is 3. The van der Waals surface area contributed by atoms with Gasteiger partial charge in [-0.05, 0) is 43.1 Å². The molecule has 0 saturated heterocycles. The Balaban J connectivity index is 2.75. The van der Waals surface area contributed by atoms with Gasteiger partial charge in [0.1, 0.15) is 5.54 Å². The number of hydrogen-bond acceptors (Lipinski definition) is 2. The molecule has 0 aromatic carbocycles. The molecule has 2 nitrogen and oxygen atoms in total. The van der Waals surface area contributed by atoms with Crippen LogP contribution in [0.4, 0.5) is 0 Å². The molecule has 1 N–H and O–H groups in total. The van der Waals surface area contributed by atoms with E-state index >= 15 is 0 Å². The molecule has 2 unspecified atom stereocenters. The van der Waals surface area contributed by atoms with Crippen molar-refractivity contribution < 1.29 is 0 Å². The average Bonchev–Trinajstić information content (AvgIpc) is 2.11. The van der Waals surface area contributed by atoms with Gasteiger partial charge in [-0.3, -0.25) is 5.32 Å². The maximum atomic E-state index is 9.49. The van der Waals surface area contributed by atoms with Crippen LogP contribution in [0, 0.1) is 28.6 Å². The van der Waals surface area contributed by atoms with Crippen LogP contribution >= 0.6 is 0 Å². The highest BCUT2D eigenvalue weighted by atomic mass is 15.0. The van der Waals surface area contributed by atoms with E-state index in [1.807, 2.05) is 0 Å². The summed E-state index contributed by atoms with van der Waals surface area (Å²) in [5, 5.41) is 13.0. The summed E-state index contributed by atoms with van der Waals surface area (Å²) in [5.41, 5.74) is 0.00279. The van der Waals surface area contributed by atoms with Crippen molar-refractivity contribution in [1.29, 1.82) is 5.26 Å². The molecule has 1 saturated carbocycles. The molecule has 2 atom stereocenters. The Labute approximate surface area is 100 Å². The second-order valence-corrected chi connectivity index (χ2v) is 6.82. The Hall–Kier alpha value is -0.550. The lowest BCUT2D eigenvalue weighted by Crippen LogP contribution is -2.52. The van der Waals surface area contributed by atoms with Crippen molar-refractivity contribution in [2.75, 3.05) is 6.54 Å². The molecule has 0 aliphatic heterocycles. The van der Waals surface area contributed by atoms with E-state index in [-0.39, 0.29) is 11.0 Å². The van der Waals surface area contributed by atoms with Crippen LogP contribution in [0.3, 0.4) is 0 Å². The van der Waals surface area contributed by atoms with Gasteiger partial charge < -0.3 is 0 Å². The van der Waals surface area contributed by atoms with E-state index in [9.17, 15) is 5.26 Å². The monoisotopic (exact) mass is 222 g/mol. The molecule has 0 radical (unpaired) electrons. The maximum Gasteiger partial charge on any atom is 0.107 e. The largest absolute Gasteiger partial charge is 0.299 e. The van der Waals surface area contributed by atoms with Gasteiger partial charge in [0.05, 0.1) is 6.07 Å². The summed E-state index contributed by atoms with van der Waals surface area (Å²) in [5.74, 6) is 1.24. The van der Waals surface area contributed by atoms with Gasteiger partial charge in [-0.2, -0.15) is 5.26 Å². The molecule has 0 aromatic rings. The fraction of sp³-hybridized carbons (Fsp3) is 0.929. The highest BCUT2D eigenvalue weighted by molar-refractivity contribution is 5.12. The van der Waals surface area contributed by atoms with Gasteiger partial charge in [0.2, 0.25) is 0 Å². The SMILES string of the molecule is CC(C)CNC1(C#N)CC(C)CC(C)(C)C1. The third kappa shape index (κ3) is 3.49. The van der Waals surface area contributed by atoms with Crippen LogP contribution < -0.4 is 5.32 Å². The molecule has 0 aromatic heterocycles. The van der Waals surface area contributed by atoms with Crippen molar-refractivity contribution in [3.63, 3.8) is 0 Å². The first-order valence-electron chi connectivity index (χ1n) is 6.45. The van der Waals surface area contributed by atoms with Gasteiger partial charge in [0, 0.05) is 0 Å². The fourth-order valence-corrected chi connectivity index (χ4v) is 3.23. The van der Waals surface area contributed by atoms with Crippen molar-refractivity contribution in [2.24, 2.45) is 17.3 Å². The van der Waals surface area contributed by atoms with Crippen molar-refractivity contribution in [3.8, 4) is 6.07 Å². The highest BCUT2D eigenvalue weighted by Gasteiger charge is 2.42. The van der Waals surface area contributed by atoms with Crippen LogP contribution in [0.1, 0.15) is 53.9 Å². The number of nitrogens with one attached hydrogen (secondary N) is 1. The van der Waals surface area contributed by atoms with Crippen LogP contribution in [-0.4, -0.2) is 12.1 Å². The first-order chi connectivity index (χ1) is 7.29. The first-order valence-corrected chi connectivity index (χ1v) is 6.45. The first kappa shape index (κ1) is 13.5. The zero-order valence-corrected chi connectivity index (χ0v) is 11.4. The second-order valence-electron chi connectivity index (χ2n) is 6.82. The lowest BCUT2D eigenvalue weighted by atomic mass is 9.64. The molecule has 16 heavy (non-hydrogen) atoms. The van der Waals surface area contributed by atoms with E-state index in [0.29, 0.717) is 11.8 Å². The van der Waals surface area contributed by atoms with Gasteiger partial charge in [-0.1, -0.05) is 34.6 Å². The van der Waals surface area contributed by atoms with Gasteiger partial charge in [-0.25, -0.2) is 0 Å². The lowest BCUT2D eigenvalue weighted by molar-refractivity contribution is 0.113. The predicted molar refractivity (Wildman–Crippen MR) is 68.0 cm³/mol. The number of hydrogen-bond donors (Lipinski definition) is 1. The summed E-state index contributed by atoms with van der Waals surface area (Å²) >= 11 is 0. The Morgan fingerprint density at radius 1 is 1.38 bits per heavy atom. The number of nitriles is 1. The molecule has 1 aliphatic carbocycles. The van der Waals surface area contributed by atoms with E-state index in [4.69, 9.17) is 0 Å². The smallest absolute Gasteiger partial charge is 0.107 e. The van der Waals surface area contributed by atoms with E-state index in [1.54, 1.807) is 0 Å². The van der Waals surface area contributed by atoms with Crippen LogP contribution in [-0.2, 0) is 0 Å². The van der Waals surface area contributed by atoms with Gasteiger partial charge in [-0.15, -0.1) is 0 Å². The summed E-state index contributed by atoms with van der Waals surface area (Å²) < 4.78 is 0. The van der Waals surface area contributed by atoms with Crippen LogP contribution in [0.2, 0.25) is 0 Å². The fourth-order valence-electron chi connectivity index (χ4n) is 3.23. The zero-order chi connectivity index (χ0) is 12.4. The maximum absolute atomic E-state index is 9.49. The molecule has 0 amide bonds. The van der Waals surface area contributed by atoms with Gasteiger partial charge >= 0.3 is 0 Å². The van der Waals surface area contributed by atoms with Gasteiger partial charge in [0.15, 0.2) is 0 Å². The van der Waals surface area contributed by atoms with Crippen molar-refractivity contribution >= 4 is 0 Å². The molecule has 92 valence electrons. The Morgan fingerprint density at radius 2 is 2.00 bits per heavy atom. The molecule has 0 bridgehead atoms. The molecule has 1 fully saturated rings. The third-order valence-electron chi connectivity index (χ3n) is 3.44. The van der Waals surface area contributed by atoms with Crippen molar-refractivity contribution in [2.45, 2.75) is 59.4 Å². The summed E-state index contributed by atoms with van der Waals surface area (Å²) in [4.78, 5) is 0. The molecule has 1 aliphatic rings. The number of nitrogens with zero attached hydrogens (tertiary/aromatic N) is 1. The minimum atomic E-state index is -0.286. The molecule has 2 heteroatoms. The Morgan fingerprint density at radius 3 is 2.44 bits per heavy atom. The van der Waals surface area contributed by atoms with Crippen molar-refractivity contribution in [1.82, 2.24) is 5.32 Å². The van der Waals surface area contributed by atoms with Crippen LogP contribution in [0.5, 0.6) is 0 Å². The molecule has 0 heterocycles. The molecular formula is C14H26N2. The Kier molecular flexibility index (Phi) is 4.02. The third-order valence-corrected chi connectivity index (χ3v) is 3.44. The normalized spacial score (nSPS) is 33.7. The second kappa shape index (κ2) is 4.75. The van der Waals surface area contributed by atoms with Crippen molar-refractivity contribution in [3.05, 3.63) is 0 Å². The van der Waals surface area contributed by atoms with E-state index in [0.717, 1.165) is 19.4 Å². The van der Waals surface area contributed by atoms with E-state index in [2.05, 4.69) is 46.0 Å². The predicted octanol–water partition coefficient (Wildman–Crippen LogP) is 3.34. The summed E-state index contributed by atoms with van der Waals surface area (Å²) in [6, 6.07) is 2.55. The molecular weight excluding hydrogens is 196 g/mol. The summed E-state index contributed by atoms with van der Waals surface area (Å²) in [6.07, 6.45) is 3.22. The summed E-state index contributed by atoms with van der Waals surface area (Å²) in [7, 11) is 0. The Bertz CT molecular complexity index is 275. The quantitative estimate of drug-likeness (QED) is 0.795. The summed E-state index contributed by atoms with van der Waals surface area (Å²) in [6.45, 7) is 12.2. The average molecular weight is 222 g/mol. The topological polar surface area (TPSA) is 35.8 Å². The highest BCUT2D eigenvalue weighted by Crippen LogP contribution is 2.43. The zero-order valence-electron chi connectivity index (χ0n) is 11.4. The van der Waals surface area contributed by atoms with Crippen LogP contribution in [0.25, 0.3) is 0 Å². The minimum Gasteiger partial charge on any atom is -0.299 e. The minimum absolute atomic E-state index is 0.286. The van der Waals surface area contributed by atoms with Crippen LogP contribution in [0.15, 0.2) is 0 Å². The lowest BCUT2D eigenvalue weighted by Gasteiger charge is -2.44. The van der Waals surface area contributed by atoms with E-state index in [1.165, 1.54) is 6.42 Å². The standard InChI is InChI=1S/C14H26N2/c1-11(2)8-16-14(10-15)7-12(3)6-13(4,5)9-14/h11-12,16H,6-9H2,1-5H3. The van der Waals surface area contributed by atoms with E-state index < -0.39 is 0 Å². The molecule has 0 spiro atoms. The molecule has 1 rings (SSSR count).